The minimum atomic E-state index is -3.66. The predicted octanol–water partition coefficient (Wildman–Crippen LogP) is 1.82. The van der Waals surface area contributed by atoms with Crippen molar-refractivity contribution in [2.24, 2.45) is 0 Å². The summed E-state index contributed by atoms with van der Waals surface area (Å²) in [6, 6.07) is 6.23. The number of hydrogen-bond acceptors (Lipinski definition) is 5. The highest BCUT2D eigenvalue weighted by atomic mass is 32.2. The zero-order valence-corrected chi connectivity index (χ0v) is 12.9. The number of aromatic nitrogens is 1. The first-order chi connectivity index (χ1) is 9.81. The Morgan fingerprint density at radius 3 is 2.67 bits per heavy atom. The van der Waals surface area contributed by atoms with E-state index in [1.54, 1.807) is 32.9 Å². The van der Waals surface area contributed by atoms with Crippen LogP contribution in [0.3, 0.4) is 0 Å². The Morgan fingerprint density at radius 2 is 2.10 bits per heavy atom. The number of hydrogen-bond donors (Lipinski definition) is 2. The molecule has 1 unspecified atom stereocenters. The van der Waals surface area contributed by atoms with Crippen LogP contribution in [0.2, 0.25) is 0 Å². The Kier molecular flexibility index (Phi) is 4.46. The van der Waals surface area contributed by atoms with Gasteiger partial charge in [0.05, 0.1) is 16.7 Å². The van der Waals surface area contributed by atoms with E-state index in [0.29, 0.717) is 17.0 Å². The highest BCUT2D eigenvalue weighted by Crippen LogP contribution is 2.18. The van der Waals surface area contributed by atoms with E-state index in [0.717, 1.165) is 5.56 Å². The molecule has 21 heavy (non-hydrogen) atoms. The molecule has 0 saturated heterocycles. The van der Waals surface area contributed by atoms with E-state index in [4.69, 9.17) is 4.52 Å². The summed E-state index contributed by atoms with van der Waals surface area (Å²) in [5.74, 6) is 0.591. The van der Waals surface area contributed by atoms with Gasteiger partial charge in [-0.15, -0.1) is 0 Å². The highest BCUT2D eigenvalue weighted by molar-refractivity contribution is 7.89. The first kappa shape index (κ1) is 15.7. The predicted molar refractivity (Wildman–Crippen MR) is 77.1 cm³/mol. The van der Waals surface area contributed by atoms with Crippen LogP contribution in [0, 0.1) is 13.8 Å². The molecular weight excluding hydrogens is 292 g/mol. The van der Waals surface area contributed by atoms with Crippen LogP contribution < -0.4 is 4.72 Å². The Hall–Kier alpha value is -1.70. The molecule has 0 aliphatic carbocycles. The SMILES string of the molecule is Cc1noc(C)c1CNS(=O)(=O)c1cccc(C(C)O)c1. The molecule has 0 bridgehead atoms. The lowest BCUT2D eigenvalue weighted by Gasteiger charge is -2.09. The zero-order valence-electron chi connectivity index (χ0n) is 12.1. The number of aliphatic hydroxyl groups is 1. The number of rotatable bonds is 5. The molecule has 2 rings (SSSR count). The molecule has 2 N–H and O–H groups in total. The second-order valence-corrected chi connectivity index (χ2v) is 6.64. The van der Waals surface area contributed by atoms with Gasteiger partial charge in [-0.3, -0.25) is 0 Å². The van der Waals surface area contributed by atoms with Gasteiger partial charge in [0.25, 0.3) is 0 Å². The van der Waals surface area contributed by atoms with Gasteiger partial charge in [0.1, 0.15) is 5.76 Å². The van der Waals surface area contributed by atoms with E-state index >= 15 is 0 Å². The average molecular weight is 310 g/mol. The summed E-state index contributed by atoms with van der Waals surface area (Å²) < 4.78 is 32.1. The summed E-state index contributed by atoms with van der Waals surface area (Å²) in [6.45, 7) is 5.19. The molecule has 2 aromatic rings. The van der Waals surface area contributed by atoms with Gasteiger partial charge >= 0.3 is 0 Å². The number of nitrogens with zero attached hydrogens (tertiary/aromatic N) is 1. The molecule has 0 spiro atoms. The van der Waals surface area contributed by atoms with Crippen molar-refractivity contribution in [2.75, 3.05) is 0 Å². The second-order valence-electron chi connectivity index (χ2n) is 4.88. The molecule has 0 fully saturated rings. The summed E-state index contributed by atoms with van der Waals surface area (Å²) in [5.41, 5.74) is 1.94. The standard InChI is InChI=1S/C14H18N2O4S/c1-9-14(11(3)20-16-9)8-15-21(18,19)13-6-4-5-12(7-13)10(2)17/h4-7,10,15,17H,8H2,1-3H3. The van der Waals surface area contributed by atoms with Crippen molar-refractivity contribution in [1.82, 2.24) is 9.88 Å². The van der Waals surface area contributed by atoms with Crippen molar-refractivity contribution in [1.29, 1.82) is 0 Å². The summed E-state index contributed by atoms with van der Waals surface area (Å²) in [7, 11) is -3.66. The highest BCUT2D eigenvalue weighted by Gasteiger charge is 2.17. The van der Waals surface area contributed by atoms with Crippen LogP contribution in [0.1, 0.15) is 35.6 Å². The Morgan fingerprint density at radius 1 is 1.38 bits per heavy atom. The van der Waals surface area contributed by atoms with E-state index in [2.05, 4.69) is 9.88 Å². The van der Waals surface area contributed by atoms with Crippen molar-refractivity contribution in [3.05, 3.63) is 46.8 Å². The summed E-state index contributed by atoms with van der Waals surface area (Å²) >= 11 is 0. The molecule has 1 heterocycles. The van der Waals surface area contributed by atoms with E-state index in [1.165, 1.54) is 12.1 Å². The van der Waals surface area contributed by atoms with Gasteiger partial charge in [0.15, 0.2) is 0 Å². The molecule has 7 heteroatoms. The number of aliphatic hydroxyl groups excluding tert-OH is 1. The molecule has 0 radical (unpaired) electrons. The molecule has 0 amide bonds. The van der Waals surface area contributed by atoms with Crippen LogP contribution in [0.5, 0.6) is 0 Å². The van der Waals surface area contributed by atoms with E-state index in [-0.39, 0.29) is 11.4 Å². The summed E-state index contributed by atoms with van der Waals surface area (Å²) in [5, 5.41) is 13.3. The monoisotopic (exact) mass is 310 g/mol. The largest absolute Gasteiger partial charge is 0.389 e. The number of nitrogens with one attached hydrogen (secondary N) is 1. The van der Waals surface area contributed by atoms with Gasteiger partial charge in [-0.2, -0.15) is 0 Å². The van der Waals surface area contributed by atoms with Gasteiger partial charge in [-0.05, 0) is 38.5 Å². The van der Waals surface area contributed by atoms with Crippen LogP contribution in [0.4, 0.5) is 0 Å². The zero-order chi connectivity index (χ0) is 15.6. The maximum Gasteiger partial charge on any atom is 0.240 e. The van der Waals surface area contributed by atoms with E-state index in [1.807, 2.05) is 0 Å². The van der Waals surface area contributed by atoms with Crippen LogP contribution in [-0.2, 0) is 16.6 Å². The average Bonchev–Trinajstić information content (AvgIpc) is 2.76. The lowest BCUT2D eigenvalue weighted by atomic mass is 10.1. The normalized spacial score (nSPS) is 13.3. The molecule has 1 aromatic heterocycles. The first-order valence-corrected chi connectivity index (χ1v) is 7.99. The van der Waals surface area contributed by atoms with E-state index < -0.39 is 16.1 Å². The second kappa shape index (κ2) is 5.97. The van der Waals surface area contributed by atoms with Gasteiger partial charge in [0, 0.05) is 12.1 Å². The Labute approximate surface area is 123 Å². The van der Waals surface area contributed by atoms with Crippen LogP contribution in [0.25, 0.3) is 0 Å². The Balaban J connectivity index is 2.21. The van der Waals surface area contributed by atoms with Crippen LogP contribution in [0.15, 0.2) is 33.7 Å². The molecule has 0 aliphatic rings. The van der Waals surface area contributed by atoms with Crippen molar-refractivity contribution < 1.29 is 18.0 Å². The number of sulfonamides is 1. The number of benzene rings is 1. The fraction of sp³-hybridized carbons (Fsp3) is 0.357. The third-order valence-electron chi connectivity index (χ3n) is 3.27. The lowest BCUT2D eigenvalue weighted by molar-refractivity contribution is 0.199. The van der Waals surface area contributed by atoms with Crippen molar-refractivity contribution in [3.8, 4) is 0 Å². The van der Waals surface area contributed by atoms with E-state index in [9.17, 15) is 13.5 Å². The maximum atomic E-state index is 12.3. The molecule has 0 aliphatic heterocycles. The first-order valence-electron chi connectivity index (χ1n) is 6.50. The maximum absolute atomic E-state index is 12.3. The Bertz CT molecular complexity index is 716. The topological polar surface area (TPSA) is 92.4 Å². The third-order valence-corrected chi connectivity index (χ3v) is 4.67. The third kappa shape index (κ3) is 3.49. The van der Waals surface area contributed by atoms with Crippen molar-refractivity contribution >= 4 is 10.0 Å². The minimum Gasteiger partial charge on any atom is -0.389 e. The van der Waals surface area contributed by atoms with Gasteiger partial charge in [-0.1, -0.05) is 17.3 Å². The van der Waals surface area contributed by atoms with Gasteiger partial charge < -0.3 is 9.63 Å². The molecule has 0 saturated carbocycles. The lowest BCUT2D eigenvalue weighted by Crippen LogP contribution is -2.24. The molecule has 1 aromatic carbocycles. The smallest absolute Gasteiger partial charge is 0.240 e. The quantitative estimate of drug-likeness (QED) is 0.879. The molecule has 114 valence electrons. The minimum absolute atomic E-state index is 0.113. The molecule has 6 nitrogen and oxygen atoms in total. The number of aryl methyl sites for hydroxylation is 2. The fourth-order valence-corrected chi connectivity index (χ4v) is 3.00. The molecule has 1 atom stereocenters. The van der Waals surface area contributed by atoms with Crippen molar-refractivity contribution in [3.63, 3.8) is 0 Å². The summed E-state index contributed by atoms with van der Waals surface area (Å²) in [6.07, 6.45) is -0.720. The van der Waals surface area contributed by atoms with Crippen molar-refractivity contribution in [2.45, 2.75) is 38.3 Å². The summed E-state index contributed by atoms with van der Waals surface area (Å²) in [4.78, 5) is 0.118. The van der Waals surface area contributed by atoms with Crippen LogP contribution in [-0.4, -0.2) is 18.7 Å². The van der Waals surface area contributed by atoms with Gasteiger partial charge in [-0.25, -0.2) is 13.1 Å². The van der Waals surface area contributed by atoms with Gasteiger partial charge in [0.2, 0.25) is 10.0 Å². The van der Waals surface area contributed by atoms with Crippen LogP contribution >= 0.6 is 0 Å². The fourth-order valence-electron chi connectivity index (χ4n) is 1.95. The molecular formula is C14H18N2O4S.